The van der Waals surface area contributed by atoms with E-state index in [1.54, 1.807) is 7.11 Å². The summed E-state index contributed by atoms with van der Waals surface area (Å²) in [5, 5.41) is 0. The van der Waals surface area contributed by atoms with Crippen LogP contribution in [0.5, 0.6) is 5.75 Å². The monoisotopic (exact) mass is 370 g/mol. The summed E-state index contributed by atoms with van der Waals surface area (Å²) < 4.78 is 16.9. The fraction of sp³-hybridized carbons (Fsp3) is 0.524. The van der Waals surface area contributed by atoms with Crippen molar-refractivity contribution in [1.29, 1.82) is 0 Å². The highest BCUT2D eigenvalue weighted by Crippen LogP contribution is 2.29. The summed E-state index contributed by atoms with van der Waals surface area (Å²) in [4.78, 5) is 19.6. The van der Waals surface area contributed by atoms with E-state index in [0.717, 1.165) is 24.2 Å². The Hall–Kier alpha value is -2.34. The Morgan fingerprint density at radius 3 is 2.81 bits per heavy atom. The van der Waals surface area contributed by atoms with Gasteiger partial charge in [-0.2, -0.15) is 0 Å². The molecule has 0 spiro atoms. The molecule has 4 rings (SSSR count). The minimum absolute atomic E-state index is 0.118. The molecule has 2 aromatic rings. The summed E-state index contributed by atoms with van der Waals surface area (Å²) in [6.45, 7) is 3.16. The van der Waals surface area contributed by atoms with Gasteiger partial charge in [-0.15, -0.1) is 0 Å². The maximum absolute atomic E-state index is 13.0. The average molecular weight is 370 g/mol. The van der Waals surface area contributed by atoms with Gasteiger partial charge in [-0.1, -0.05) is 12.8 Å². The minimum atomic E-state index is 0.118. The first kappa shape index (κ1) is 18.0. The third-order valence-corrected chi connectivity index (χ3v) is 5.60. The van der Waals surface area contributed by atoms with Crippen LogP contribution in [0, 0.1) is 6.92 Å². The molecule has 1 saturated heterocycles. The van der Waals surface area contributed by atoms with Gasteiger partial charge in [0.1, 0.15) is 11.5 Å². The standard InChI is InChI=1S/C21H26N2O4/c1-14-17(22-21(27-14)15-7-9-16(25-2)10-8-15)13-20(24)23-11-12-26-19-6-4-3-5-18(19)23/h7-10,18-19H,3-6,11-13H2,1-2H3. The second kappa shape index (κ2) is 7.72. The van der Waals surface area contributed by atoms with Gasteiger partial charge in [0.25, 0.3) is 0 Å². The third kappa shape index (κ3) is 3.72. The molecule has 1 amide bonds. The molecule has 2 atom stereocenters. The zero-order valence-corrected chi connectivity index (χ0v) is 15.9. The summed E-state index contributed by atoms with van der Waals surface area (Å²) in [6.07, 6.45) is 4.92. The average Bonchev–Trinajstić information content (AvgIpc) is 3.08. The zero-order valence-electron chi connectivity index (χ0n) is 15.9. The number of benzene rings is 1. The minimum Gasteiger partial charge on any atom is -0.497 e. The molecule has 6 heteroatoms. The van der Waals surface area contributed by atoms with Crippen molar-refractivity contribution in [1.82, 2.24) is 9.88 Å². The Morgan fingerprint density at radius 2 is 2.04 bits per heavy atom. The topological polar surface area (TPSA) is 64.8 Å². The molecule has 1 aliphatic heterocycles. The number of rotatable bonds is 4. The lowest BCUT2D eigenvalue weighted by Crippen LogP contribution is -2.55. The van der Waals surface area contributed by atoms with Crippen LogP contribution in [0.3, 0.4) is 0 Å². The molecular formula is C21H26N2O4. The Bertz CT molecular complexity index is 797. The molecule has 2 aliphatic rings. The van der Waals surface area contributed by atoms with Crippen LogP contribution < -0.4 is 4.74 Å². The van der Waals surface area contributed by atoms with Crippen LogP contribution in [0.4, 0.5) is 0 Å². The predicted molar refractivity (Wildman–Crippen MR) is 101 cm³/mol. The molecular weight excluding hydrogens is 344 g/mol. The Labute approximate surface area is 159 Å². The van der Waals surface area contributed by atoms with Crippen molar-refractivity contribution >= 4 is 5.91 Å². The Balaban J connectivity index is 1.48. The van der Waals surface area contributed by atoms with Crippen LogP contribution in [0.1, 0.15) is 37.1 Å². The maximum Gasteiger partial charge on any atom is 0.229 e. The van der Waals surface area contributed by atoms with E-state index in [-0.39, 0.29) is 24.5 Å². The number of aryl methyl sites for hydroxylation is 1. The summed E-state index contributed by atoms with van der Waals surface area (Å²) in [5.74, 6) is 2.14. The number of aromatic nitrogens is 1. The van der Waals surface area contributed by atoms with Crippen molar-refractivity contribution in [3.8, 4) is 17.2 Å². The number of ether oxygens (including phenoxy) is 2. The van der Waals surface area contributed by atoms with Gasteiger partial charge in [0.2, 0.25) is 11.8 Å². The summed E-state index contributed by atoms with van der Waals surface area (Å²) in [5.41, 5.74) is 1.58. The number of methoxy groups -OCH3 is 1. The number of carbonyl (C=O) groups is 1. The highest BCUT2D eigenvalue weighted by atomic mass is 16.5. The van der Waals surface area contributed by atoms with E-state index in [4.69, 9.17) is 13.9 Å². The first-order valence-corrected chi connectivity index (χ1v) is 9.67. The van der Waals surface area contributed by atoms with Crippen molar-refractivity contribution in [2.24, 2.45) is 0 Å². The van der Waals surface area contributed by atoms with Crippen molar-refractivity contribution in [2.75, 3.05) is 20.3 Å². The van der Waals surface area contributed by atoms with Crippen LogP contribution in [0.25, 0.3) is 11.5 Å². The largest absolute Gasteiger partial charge is 0.497 e. The first-order valence-electron chi connectivity index (χ1n) is 9.67. The van der Waals surface area contributed by atoms with Crippen LogP contribution >= 0.6 is 0 Å². The Morgan fingerprint density at radius 1 is 1.26 bits per heavy atom. The molecule has 6 nitrogen and oxygen atoms in total. The molecule has 2 fully saturated rings. The highest BCUT2D eigenvalue weighted by Gasteiger charge is 2.36. The van der Waals surface area contributed by atoms with E-state index in [2.05, 4.69) is 4.98 Å². The third-order valence-electron chi connectivity index (χ3n) is 5.60. The number of nitrogens with zero attached hydrogens (tertiary/aromatic N) is 2. The maximum atomic E-state index is 13.0. The van der Waals surface area contributed by atoms with Gasteiger partial charge in [0.05, 0.1) is 38.0 Å². The van der Waals surface area contributed by atoms with Gasteiger partial charge in [0, 0.05) is 12.1 Å². The Kier molecular flexibility index (Phi) is 5.16. The van der Waals surface area contributed by atoms with Crippen molar-refractivity contribution in [3.63, 3.8) is 0 Å². The molecule has 1 saturated carbocycles. The molecule has 144 valence electrons. The lowest BCUT2D eigenvalue weighted by atomic mass is 9.90. The van der Waals surface area contributed by atoms with Crippen LogP contribution in [-0.2, 0) is 16.0 Å². The molecule has 0 radical (unpaired) electrons. The van der Waals surface area contributed by atoms with Gasteiger partial charge >= 0.3 is 0 Å². The number of fused-ring (bicyclic) bond motifs is 1. The van der Waals surface area contributed by atoms with E-state index >= 15 is 0 Å². The van der Waals surface area contributed by atoms with Crippen LogP contribution in [-0.4, -0.2) is 48.2 Å². The van der Waals surface area contributed by atoms with Gasteiger partial charge in [-0.3, -0.25) is 4.79 Å². The van der Waals surface area contributed by atoms with E-state index in [0.29, 0.717) is 30.5 Å². The molecule has 27 heavy (non-hydrogen) atoms. The normalized spacial score (nSPS) is 22.4. The SMILES string of the molecule is COc1ccc(-c2nc(CC(=O)N3CCOC4CCCCC43)c(C)o2)cc1. The fourth-order valence-electron chi connectivity index (χ4n) is 4.10. The van der Waals surface area contributed by atoms with Crippen LogP contribution in [0.2, 0.25) is 0 Å². The number of hydrogen-bond donors (Lipinski definition) is 0. The van der Waals surface area contributed by atoms with Crippen molar-refractivity contribution < 1.29 is 18.7 Å². The fourth-order valence-corrected chi connectivity index (χ4v) is 4.10. The number of hydrogen-bond acceptors (Lipinski definition) is 5. The van der Waals surface area contributed by atoms with Gasteiger partial charge in [-0.05, 0) is 44.0 Å². The first-order chi connectivity index (χ1) is 13.2. The molecule has 1 aromatic heterocycles. The molecule has 2 unspecified atom stereocenters. The van der Waals surface area contributed by atoms with Gasteiger partial charge in [-0.25, -0.2) is 4.98 Å². The molecule has 0 bridgehead atoms. The van der Waals surface area contributed by atoms with E-state index in [9.17, 15) is 4.79 Å². The summed E-state index contributed by atoms with van der Waals surface area (Å²) >= 11 is 0. The molecule has 2 heterocycles. The second-order valence-electron chi connectivity index (χ2n) is 7.28. The summed E-state index contributed by atoms with van der Waals surface area (Å²) in [7, 11) is 1.64. The predicted octanol–water partition coefficient (Wildman–Crippen LogP) is 3.37. The molecule has 1 aromatic carbocycles. The number of carbonyl (C=O) groups excluding carboxylic acids is 1. The second-order valence-corrected chi connectivity index (χ2v) is 7.28. The lowest BCUT2D eigenvalue weighted by Gasteiger charge is -2.43. The number of morpholine rings is 1. The number of amides is 1. The van der Waals surface area contributed by atoms with Crippen LogP contribution in [0.15, 0.2) is 28.7 Å². The van der Waals surface area contributed by atoms with E-state index in [1.807, 2.05) is 36.1 Å². The van der Waals surface area contributed by atoms with Crippen molar-refractivity contribution in [2.45, 2.75) is 51.2 Å². The number of oxazole rings is 1. The quantitative estimate of drug-likeness (QED) is 0.826. The highest BCUT2D eigenvalue weighted by molar-refractivity contribution is 5.79. The van der Waals surface area contributed by atoms with Gasteiger partial charge < -0.3 is 18.8 Å². The molecule has 1 aliphatic carbocycles. The lowest BCUT2D eigenvalue weighted by molar-refractivity contribution is -0.148. The smallest absolute Gasteiger partial charge is 0.229 e. The van der Waals surface area contributed by atoms with E-state index in [1.165, 1.54) is 12.8 Å². The zero-order chi connectivity index (χ0) is 18.8. The van der Waals surface area contributed by atoms with E-state index < -0.39 is 0 Å². The summed E-state index contributed by atoms with van der Waals surface area (Å²) in [6, 6.07) is 7.77. The van der Waals surface area contributed by atoms with Crippen molar-refractivity contribution in [3.05, 3.63) is 35.7 Å². The molecule has 0 N–H and O–H groups in total. The van der Waals surface area contributed by atoms with Gasteiger partial charge in [0.15, 0.2) is 0 Å².